The average molecular weight is 326 g/mol. The van der Waals surface area contributed by atoms with Crippen molar-refractivity contribution in [2.75, 3.05) is 11.9 Å². The standard InChI is InChI=1S/C19H26N4O/c1-2-16-13-17(21-14-19(24)9-5-3-4-6-10-19)23-18(22-16)15-7-11-20-12-8-15/h7-8,11-13,24H,2-6,9-10,14H2,1H3,(H,21,22,23). The second-order valence-corrected chi connectivity index (χ2v) is 6.65. The van der Waals surface area contributed by atoms with E-state index in [1.165, 1.54) is 12.8 Å². The number of aryl methyl sites for hydroxylation is 1. The molecule has 0 atom stereocenters. The van der Waals surface area contributed by atoms with E-state index in [1.807, 2.05) is 18.2 Å². The van der Waals surface area contributed by atoms with E-state index in [1.54, 1.807) is 12.4 Å². The van der Waals surface area contributed by atoms with Crippen molar-refractivity contribution in [1.82, 2.24) is 15.0 Å². The van der Waals surface area contributed by atoms with E-state index in [0.29, 0.717) is 12.4 Å². The normalized spacial score (nSPS) is 17.2. The summed E-state index contributed by atoms with van der Waals surface area (Å²) < 4.78 is 0. The number of anilines is 1. The molecule has 0 spiro atoms. The first-order valence-electron chi connectivity index (χ1n) is 8.93. The van der Waals surface area contributed by atoms with Crippen molar-refractivity contribution in [3.05, 3.63) is 36.3 Å². The van der Waals surface area contributed by atoms with Crippen LogP contribution >= 0.6 is 0 Å². The van der Waals surface area contributed by atoms with Crippen LogP contribution in [0.25, 0.3) is 11.4 Å². The van der Waals surface area contributed by atoms with Gasteiger partial charge in [-0.15, -0.1) is 0 Å². The minimum atomic E-state index is -0.620. The molecule has 5 nitrogen and oxygen atoms in total. The van der Waals surface area contributed by atoms with Crippen LogP contribution < -0.4 is 5.32 Å². The highest BCUT2D eigenvalue weighted by Gasteiger charge is 2.27. The van der Waals surface area contributed by atoms with Gasteiger partial charge < -0.3 is 10.4 Å². The molecular formula is C19H26N4O. The van der Waals surface area contributed by atoms with Gasteiger partial charge in [0, 0.05) is 36.3 Å². The molecule has 0 amide bonds. The molecule has 5 heteroatoms. The molecule has 2 heterocycles. The van der Waals surface area contributed by atoms with E-state index in [2.05, 4.69) is 27.2 Å². The van der Waals surface area contributed by atoms with Crippen molar-refractivity contribution >= 4 is 5.82 Å². The van der Waals surface area contributed by atoms with Crippen LogP contribution in [-0.4, -0.2) is 32.2 Å². The van der Waals surface area contributed by atoms with Gasteiger partial charge in [-0.05, 0) is 31.4 Å². The van der Waals surface area contributed by atoms with Crippen LogP contribution in [0, 0.1) is 0 Å². The Morgan fingerprint density at radius 3 is 2.46 bits per heavy atom. The van der Waals surface area contributed by atoms with Crippen LogP contribution in [0.2, 0.25) is 0 Å². The second kappa shape index (κ2) is 7.71. The minimum absolute atomic E-state index is 0.545. The fraction of sp³-hybridized carbons (Fsp3) is 0.526. The number of aromatic nitrogens is 3. The Bertz CT molecular complexity index is 652. The summed E-state index contributed by atoms with van der Waals surface area (Å²) in [5, 5.41) is 14.2. The van der Waals surface area contributed by atoms with Gasteiger partial charge in [-0.2, -0.15) is 0 Å². The molecule has 3 rings (SSSR count). The van der Waals surface area contributed by atoms with Crippen LogP contribution in [0.1, 0.15) is 51.1 Å². The quantitative estimate of drug-likeness (QED) is 0.822. The summed E-state index contributed by atoms with van der Waals surface area (Å²) in [5.41, 5.74) is 1.33. The molecule has 0 bridgehead atoms. The number of rotatable bonds is 5. The summed E-state index contributed by atoms with van der Waals surface area (Å²) in [4.78, 5) is 13.3. The van der Waals surface area contributed by atoms with Crippen molar-refractivity contribution in [2.24, 2.45) is 0 Å². The Morgan fingerprint density at radius 1 is 1.08 bits per heavy atom. The smallest absolute Gasteiger partial charge is 0.161 e. The lowest BCUT2D eigenvalue weighted by atomic mass is 9.94. The van der Waals surface area contributed by atoms with E-state index in [-0.39, 0.29) is 0 Å². The lowest BCUT2D eigenvalue weighted by Gasteiger charge is -2.27. The summed E-state index contributed by atoms with van der Waals surface area (Å²) in [7, 11) is 0. The maximum Gasteiger partial charge on any atom is 0.161 e. The molecule has 24 heavy (non-hydrogen) atoms. The summed E-state index contributed by atoms with van der Waals surface area (Å²) in [5.74, 6) is 1.48. The van der Waals surface area contributed by atoms with Crippen LogP contribution in [0.15, 0.2) is 30.6 Å². The van der Waals surface area contributed by atoms with Crippen LogP contribution in [0.4, 0.5) is 5.82 Å². The average Bonchev–Trinajstić information content (AvgIpc) is 2.85. The van der Waals surface area contributed by atoms with Crippen molar-refractivity contribution in [2.45, 2.75) is 57.5 Å². The van der Waals surface area contributed by atoms with Crippen LogP contribution in [0.3, 0.4) is 0 Å². The van der Waals surface area contributed by atoms with Gasteiger partial charge in [0.15, 0.2) is 5.82 Å². The first-order chi connectivity index (χ1) is 11.7. The Kier molecular flexibility index (Phi) is 5.41. The van der Waals surface area contributed by atoms with E-state index in [4.69, 9.17) is 0 Å². The largest absolute Gasteiger partial charge is 0.388 e. The predicted molar refractivity (Wildman–Crippen MR) is 95.8 cm³/mol. The summed E-state index contributed by atoms with van der Waals surface area (Å²) >= 11 is 0. The fourth-order valence-electron chi connectivity index (χ4n) is 3.22. The van der Waals surface area contributed by atoms with Gasteiger partial charge in [0.1, 0.15) is 5.82 Å². The number of nitrogens with one attached hydrogen (secondary N) is 1. The van der Waals surface area contributed by atoms with E-state index in [9.17, 15) is 5.11 Å². The molecule has 1 aliphatic carbocycles. The minimum Gasteiger partial charge on any atom is -0.388 e. The van der Waals surface area contributed by atoms with E-state index >= 15 is 0 Å². The number of nitrogens with zero attached hydrogens (tertiary/aromatic N) is 3. The fourth-order valence-corrected chi connectivity index (χ4v) is 3.22. The Hall–Kier alpha value is -2.01. The predicted octanol–water partition coefficient (Wildman–Crippen LogP) is 3.60. The molecule has 0 radical (unpaired) electrons. The zero-order valence-electron chi connectivity index (χ0n) is 14.3. The van der Waals surface area contributed by atoms with Gasteiger partial charge in [-0.3, -0.25) is 4.98 Å². The van der Waals surface area contributed by atoms with Crippen molar-refractivity contribution in [1.29, 1.82) is 0 Å². The highest BCUT2D eigenvalue weighted by Crippen LogP contribution is 2.27. The Labute approximate surface area is 143 Å². The maximum absolute atomic E-state index is 10.8. The molecule has 2 aromatic rings. The first-order valence-corrected chi connectivity index (χ1v) is 8.93. The monoisotopic (exact) mass is 326 g/mol. The molecule has 0 unspecified atom stereocenters. The SMILES string of the molecule is CCc1cc(NCC2(O)CCCCCC2)nc(-c2ccncc2)n1. The Morgan fingerprint density at radius 2 is 1.79 bits per heavy atom. The zero-order chi connectivity index (χ0) is 16.8. The van der Waals surface area contributed by atoms with Gasteiger partial charge in [0.25, 0.3) is 0 Å². The van der Waals surface area contributed by atoms with Gasteiger partial charge in [-0.1, -0.05) is 32.6 Å². The molecule has 2 N–H and O–H groups in total. The molecule has 128 valence electrons. The molecule has 0 aromatic carbocycles. The number of hydrogen-bond acceptors (Lipinski definition) is 5. The maximum atomic E-state index is 10.8. The van der Waals surface area contributed by atoms with Gasteiger partial charge >= 0.3 is 0 Å². The van der Waals surface area contributed by atoms with Gasteiger partial charge in [0.05, 0.1) is 5.60 Å². The van der Waals surface area contributed by atoms with Crippen LogP contribution in [-0.2, 0) is 6.42 Å². The van der Waals surface area contributed by atoms with E-state index < -0.39 is 5.60 Å². The molecule has 0 aliphatic heterocycles. The summed E-state index contributed by atoms with van der Waals surface area (Å²) in [6.07, 6.45) is 10.7. The van der Waals surface area contributed by atoms with Crippen LogP contribution in [0.5, 0.6) is 0 Å². The Balaban J connectivity index is 1.77. The van der Waals surface area contributed by atoms with Crippen molar-refractivity contribution in [3.8, 4) is 11.4 Å². The lowest BCUT2D eigenvalue weighted by Crippen LogP contribution is -2.36. The number of hydrogen-bond donors (Lipinski definition) is 2. The van der Waals surface area contributed by atoms with Crippen molar-refractivity contribution < 1.29 is 5.11 Å². The third-order valence-corrected chi connectivity index (χ3v) is 4.71. The van der Waals surface area contributed by atoms with Gasteiger partial charge in [-0.25, -0.2) is 9.97 Å². The summed E-state index contributed by atoms with van der Waals surface area (Å²) in [6, 6.07) is 5.81. The van der Waals surface area contributed by atoms with Crippen molar-refractivity contribution in [3.63, 3.8) is 0 Å². The molecule has 1 aliphatic rings. The number of aliphatic hydroxyl groups is 1. The third kappa shape index (κ3) is 4.29. The lowest BCUT2D eigenvalue weighted by molar-refractivity contribution is 0.0380. The first kappa shape index (κ1) is 16.8. The highest BCUT2D eigenvalue weighted by atomic mass is 16.3. The molecular weight excluding hydrogens is 300 g/mol. The molecule has 1 fully saturated rings. The molecule has 0 saturated heterocycles. The number of pyridine rings is 1. The molecule has 2 aromatic heterocycles. The summed E-state index contributed by atoms with van der Waals surface area (Å²) in [6.45, 7) is 2.63. The van der Waals surface area contributed by atoms with E-state index in [0.717, 1.165) is 49.2 Å². The zero-order valence-corrected chi connectivity index (χ0v) is 14.3. The molecule has 1 saturated carbocycles. The topological polar surface area (TPSA) is 70.9 Å². The second-order valence-electron chi connectivity index (χ2n) is 6.65. The highest BCUT2D eigenvalue weighted by molar-refractivity contribution is 5.56. The van der Waals surface area contributed by atoms with Gasteiger partial charge in [0.2, 0.25) is 0 Å². The third-order valence-electron chi connectivity index (χ3n) is 4.71.